The van der Waals surface area contributed by atoms with E-state index in [0.717, 1.165) is 0 Å². The van der Waals surface area contributed by atoms with Gasteiger partial charge >= 0.3 is 0 Å². The van der Waals surface area contributed by atoms with Gasteiger partial charge in [0.05, 0.1) is 11.2 Å². The van der Waals surface area contributed by atoms with Gasteiger partial charge in [-0.25, -0.2) is 0 Å². The van der Waals surface area contributed by atoms with Crippen LogP contribution < -0.4 is 5.32 Å². The van der Waals surface area contributed by atoms with E-state index in [1.165, 1.54) is 6.20 Å². The molecule has 0 unspecified atom stereocenters. The van der Waals surface area contributed by atoms with E-state index in [9.17, 15) is 4.79 Å². The van der Waals surface area contributed by atoms with E-state index in [2.05, 4.69) is 10.4 Å². The Kier molecular flexibility index (Phi) is 4.10. The van der Waals surface area contributed by atoms with E-state index in [-0.39, 0.29) is 5.78 Å². The summed E-state index contributed by atoms with van der Waals surface area (Å²) in [6.45, 7) is 3.25. The number of aryl methyl sites for hydroxylation is 1. The molecule has 4 nitrogen and oxygen atoms in total. The SMILES string of the molecule is CCn1ncc(Cl)c1C(=O)CCNC. The first kappa shape index (κ1) is 11.2. The van der Waals surface area contributed by atoms with Gasteiger partial charge in [0.1, 0.15) is 5.69 Å². The Morgan fingerprint density at radius 1 is 1.71 bits per heavy atom. The molecule has 1 N–H and O–H groups in total. The number of hydrogen-bond donors (Lipinski definition) is 1. The van der Waals surface area contributed by atoms with E-state index in [4.69, 9.17) is 11.6 Å². The molecule has 0 spiro atoms. The van der Waals surface area contributed by atoms with Gasteiger partial charge in [-0.2, -0.15) is 5.10 Å². The maximum atomic E-state index is 11.7. The highest BCUT2D eigenvalue weighted by atomic mass is 35.5. The number of halogens is 1. The van der Waals surface area contributed by atoms with Crippen LogP contribution in [-0.2, 0) is 6.54 Å². The topological polar surface area (TPSA) is 46.9 Å². The van der Waals surface area contributed by atoms with Crippen LogP contribution in [0.3, 0.4) is 0 Å². The molecule has 5 heteroatoms. The first-order valence-corrected chi connectivity index (χ1v) is 4.97. The number of hydrogen-bond acceptors (Lipinski definition) is 3. The summed E-state index contributed by atoms with van der Waals surface area (Å²) in [4.78, 5) is 11.7. The summed E-state index contributed by atoms with van der Waals surface area (Å²) >= 11 is 5.87. The number of aromatic nitrogens is 2. The zero-order chi connectivity index (χ0) is 10.6. The van der Waals surface area contributed by atoms with Gasteiger partial charge in [0, 0.05) is 19.5 Å². The van der Waals surface area contributed by atoms with Gasteiger partial charge in [-0.05, 0) is 14.0 Å². The molecule has 1 rings (SSSR count). The molecular formula is C9H14ClN3O. The van der Waals surface area contributed by atoms with Gasteiger partial charge in [0.15, 0.2) is 5.78 Å². The zero-order valence-electron chi connectivity index (χ0n) is 8.38. The molecule has 0 bridgehead atoms. The molecule has 14 heavy (non-hydrogen) atoms. The molecule has 0 aromatic carbocycles. The van der Waals surface area contributed by atoms with E-state index in [1.807, 2.05) is 14.0 Å². The molecule has 0 saturated heterocycles. The minimum atomic E-state index is 0.0312. The van der Waals surface area contributed by atoms with Gasteiger partial charge in [-0.1, -0.05) is 11.6 Å². The third-order valence-electron chi connectivity index (χ3n) is 1.96. The second-order valence-electron chi connectivity index (χ2n) is 2.93. The van der Waals surface area contributed by atoms with Crippen molar-refractivity contribution in [1.82, 2.24) is 15.1 Å². The Morgan fingerprint density at radius 3 is 3.00 bits per heavy atom. The number of nitrogens with zero attached hydrogens (tertiary/aromatic N) is 2. The lowest BCUT2D eigenvalue weighted by molar-refractivity contribution is 0.0973. The third kappa shape index (κ3) is 2.33. The molecule has 78 valence electrons. The molecule has 0 aliphatic heterocycles. The second kappa shape index (κ2) is 5.12. The van der Waals surface area contributed by atoms with Gasteiger partial charge in [-0.15, -0.1) is 0 Å². The summed E-state index contributed by atoms with van der Waals surface area (Å²) in [5.41, 5.74) is 0.518. The summed E-state index contributed by atoms with van der Waals surface area (Å²) in [6.07, 6.45) is 1.96. The van der Waals surface area contributed by atoms with E-state index in [1.54, 1.807) is 4.68 Å². The van der Waals surface area contributed by atoms with E-state index >= 15 is 0 Å². The van der Waals surface area contributed by atoms with E-state index < -0.39 is 0 Å². The fraction of sp³-hybridized carbons (Fsp3) is 0.556. The van der Waals surface area contributed by atoms with Crippen LogP contribution in [0.1, 0.15) is 23.8 Å². The molecule has 1 heterocycles. The summed E-state index contributed by atoms with van der Waals surface area (Å²) in [7, 11) is 1.81. The van der Waals surface area contributed by atoms with Crippen LogP contribution in [-0.4, -0.2) is 29.2 Å². The first-order valence-electron chi connectivity index (χ1n) is 4.59. The quantitative estimate of drug-likeness (QED) is 0.755. The molecule has 0 aliphatic rings. The van der Waals surface area contributed by atoms with Crippen LogP contribution >= 0.6 is 11.6 Å². The molecule has 1 aromatic heterocycles. The molecule has 1 aromatic rings. The highest BCUT2D eigenvalue weighted by Crippen LogP contribution is 2.16. The first-order chi connectivity index (χ1) is 6.70. The monoisotopic (exact) mass is 215 g/mol. The normalized spacial score (nSPS) is 10.5. The minimum absolute atomic E-state index is 0.0312. The van der Waals surface area contributed by atoms with Crippen molar-refractivity contribution in [2.24, 2.45) is 0 Å². The van der Waals surface area contributed by atoms with Crippen molar-refractivity contribution in [2.45, 2.75) is 19.9 Å². The Bertz CT molecular complexity index is 322. The van der Waals surface area contributed by atoms with Crippen molar-refractivity contribution in [2.75, 3.05) is 13.6 Å². The molecule has 0 fully saturated rings. The number of carbonyl (C=O) groups is 1. The predicted octanol–water partition coefficient (Wildman–Crippen LogP) is 1.35. The fourth-order valence-corrected chi connectivity index (χ4v) is 1.48. The second-order valence-corrected chi connectivity index (χ2v) is 3.34. The van der Waals surface area contributed by atoms with Crippen LogP contribution in [0.4, 0.5) is 0 Å². The minimum Gasteiger partial charge on any atom is -0.319 e. The standard InChI is InChI=1S/C9H14ClN3O/c1-3-13-9(7(10)6-12-13)8(14)4-5-11-2/h6,11H,3-5H2,1-2H3. The summed E-state index contributed by atoms with van der Waals surface area (Å²) in [5.74, 6) is 0.0312. The largest absolute Gasteiger partial charge is 0.319 e. The van der Waals surface area contributed by atoms with Crippen LogP contribution in [0.5, 0.6) is 0 Å². The van der Waals surface area contributed by atoms with Crippen molar-refractivity contribution in [3.63, 3.8) is 0 Å². The van der Waals surface area contributed by atoms with Crippen LogP contribution in [0.2, 0.25) is 5.02 Å². The number of ketones is 1. The van der Waals surface area contributed by atoms with Crippen molar-refractivity contribution >= 4 is 17.4 Å². The Labute approximate surface area is 88.2 Å². The lowest BCUT2D eigenvalue weighted by Gasteiger charge is -2.03. The highest BCUT2D eigenvalue weighted by Gasteiger charge is 2.15. The molecular weight excluding hydrogens is 202 g/mol. The molecule has 0 amide bonds. The molecule has 0 aliphatic carbocycles. The number of Topliss-reactive ketones (excluding diaryl/α,β-unsaturated/α-hetero) is 1. The van der Waals surface area contributed by atoms with Crippen molar-refractivity contribution in [3.05, 3.63) is 16.9 Å². The van der Waals surface area contributed by atoms with Crippen molar-refractivity contribution in [1.29, 1.82) is 0 Å². The average Bonchev–Trinajstić information content (AvgIpc) is 2.56. The summed E-state index contributed by atoms with van der Waals surface area (Å²) in [6, 6.07) is 0. The van der Waals surface area contributed by atoms with Gasteiger partial charge in [0.2, 0.25) is 0 Å². The summed E-state index contributed by atoms with van der Waals surface area (Å²) in [5, 5.41) is 7.37. The molecule has 0 radical (unpaired) electrons. The number of rotatable bonds is 5. The smallest absolute Gasteiger partial charge is 0.183 e. The highest BCUT2D eigenvalue weighted by molar-refractivity contribution is 6.33. The van der Waals surface area contributed by atoms with Gasteiger partial charge in [-0.3, -0.25) is 9.48 Å². The van der Waals surface area contributed by atoms with Crippen LogP contribution in [0.15, 0.2) is 6.20 Å². The maximum Gasteiger partial charge on any atom is 0.183 e. The zero-order valence-corrected chi connectivity index (χ0v) is 9.14. The van der Waals surface area contributed by atoms with Gasteiger partial charge in [0.25, 0.3) is 0 Å². The van der Waals surface area contributed by atoms with E-state index in [0.29, 0.717) is 30.2 Å². The van der Waals surface area contributed by atoms with Crippen LogP contribution in [0, 0.1) is 0 Å². The average molecular weight is 216 g/mol. The fourth-order valence-electron chi connectivity index (χ4n) is 1.24. The third-order valence-corrected chi connectivity index (χ3v) is 2.24. The lowest BCUT2D eigenvalue weighted by Crippen LogP contribution is -2.16. The lowest BCUT2D eigenvalue weighted by atomic mass is 10.2. The van der Waals surface area contributed by atoms with Crippen LogP contribution in [0.25, 0.3) is 0 Å². The van der Waals surface area contributed by atoms with Crippen molar-refractivity contribution in [3.8, 4) is 0 Å². The maximum absolute atomic E-state index is 11.7. The predicted molar refractivity (Wildman–Crippen MR) is 55.8 cm³/mol. The number of carbonyl (C=O) groups excluding carboxylic acids is 1. The summed E-state index contributed by atoms with van der Waals surface area (Å²) < 4.78 is 1.63. The number of nitrogens with one attached hydrogen (secondary N) is 1. The Balaban J connectivity index is 2.82. The Morgan fingerprint density at radius 2 is 2.43 bits per heavy atom. The van der Waals surface area contributed by atoms with Gasteiger partial charge < -0.3 is 5.32 Å². The molecule has 0 saturated carbocycles. The molecule has 0 atom stereocenters. The Hall–Kier alpha value is -0.870. The van der Waals surface area contributed by atoms with Crippen molar-refractivity contribution < 1.29 is 4.79 Å².